The lowest BCUT2D eigenvalue weighted by atomic mass is 10.4. The molecule has 0 aliphatic carbocycles. The highest BCUT2D eigenvalue weighted by Gasteiger charge is 2.10. The molecule has 0 bridgehead atoms. The number of hydrogen-bond acceptors (Lipinski definition) is 2. The van der Waals surface area contributed by atoms with E-state index in [0.29, 0.717) is 13.2 Å². The largest absolute Gasteiger partial charge is 0.347 e. The molecule has 0 N–H and O–H groups in total. The molecule has 56 valence electrons. The number of hydrogen-bond donors (Lipinski definition) is 0. The van der Waals surface area contributed by atoms with E-state index in [1.807, 2.05) is 31.2 Å². The van der Waals surface area contributed by atoms with Crippen LogP contribution in [0.25, 0.3) is 0 Å². The van der Waals surface area contributed by atoms with Crippen molar-refractivity contribution in [3.8, 4) is 0 Å². The average molecular weight is 140 g/mol. The summed E-state index contributed by atoms with van der Waals surface area (Å²) in [7, 11) is 0. The van der Waals surface area contributed by atoms with Gasteiger partial charge in [-0.15, -0.1) is 0 Å². The van der Waals surface area contributed by atoms with Crippen molar-refractivity contribution >= 4 is 0 Å². The lowest BCUT2D eigenvalue weighted by Crippen LogP contribution is -2.01. The van der Waals surface area contributed by atoms with Gasteiger partial charge in [-0.1, -0.05) is 18.2 Å². The van der Waals surface area contributed by atoms with Crippen LogP contribution in [-0.4, -0.2) is 19.5 Å². The molecule has 1 heterocycles. The topological polar surface area (TPSA) is 18.5 Å². The van der Waals surface area contributed by atoms with E-state index in [-0.39, 0.29) is 6.29 Å². The Morgan fingerprint density at radius 3 is 2.50 bits per heavy atom. The fourth-order valence-corrected chi connectivity index (χ4v) is 0.754. The fraction of sp³-hybridized carbons (Fsp3) is 0.500. The van der Waals surface area contributed by atoms with E-state index in [2.05, 4.69) is 0 Å². The molecule has 1 rings (SSSR count). The first kappa shape index (κ1) is 7.51. The van der Waals surface area contributed by atoms with Crippen molar-refractivity contribution in [2.75, 3.05) is 13.2 Å². The molecule has 1 fully saturated rings. The summed E-state index contributed by atoms with van der Waals surface area (Å²) in [6, 6.07) is 0. The normalized spacial score (nSPS) is 21.7. The van der Waals surface area contributed by atoms with E-state index in [1.165, 1.54) is 0 Å². The molecule has 0 spiro atoms. The second-order valence-electron chi connectivity index (χ2n) is 2.02. The third-order valence-corrected chi connectivity index (χ3v) is 1.22. The van der Waals surface area contributed by atoms with Gasteiger partial charge >= 0.3 is 0 Å². The number of allylic oxidation sites excluding steroid dienone is 3. The molecule has 0 amide bonds. The van der Waals surface area contributed by atoms with Crippen molar-refractivity contribution in [3.05, 3.63) is 24.3 Å². The first-order valence-corrected chi connectivity index (χ1v) is 3.46. The molecule has 0 aromatic heterocycles. The molecule has 2 heteroatoms. The van der Waals surface area contributed by atoms with Crippen molar-refractivity contribution in [2.45, 2.75) is 13.2 Å². The molecule has 0 radical (unpaired) electrons. The maximum atomic E-state index is 5.16. The van der Waals surface area contributed by atoms with E-state index < -0.39 is 0 Å². The van der Waals surface area contributed by atoms with E-state index in [0.717, 1.165) is 0 Å². The molecule has 0 aromatic rings. The van der Waals surface area contributed by atoms with Crippen LogP contribution in [0, 0.1) is 0 Å². The summed E-state index contributed by atoms with van der Waals surface area (Å²) < 4.78 is 10.3. The van der Waals surface area contributed by atoms with Gasteiger partial charge in [0.25, 0.3) is 0 Å². The summed E-state index contributed by atoms with van der Waals surface area (Å²) in [6.45, 7) is 3.40. The number of ether oxygens (including phenoxy) is 2. The first-order valence-electron chi connectivity index (χ1n) is 3.46. The highest BCUT2D eigenvalue weighted by molar-refractivity contribution is 5.02. The molecule has 0 saturated carbocycles. The molecule has 0 atom stereocenters. The Morgan fingerprint density at radius 1 is 1.20 bits per heavy atom. The summed E-state index contributed by atoms with van der Waals surface area (Å²) in [5, 5.41) is 0. The molecule has 1 aliphatic heterocycles. The van der Waals surface area contributed by atoms with Crippen LogP contribution < -0.4 is 0 Å². The van der Waals surface area contributed by atoms with Crippen LogP contribution in [0.3, 0.4) is 0 Å². The molecular formula is C8H12O2. The lowest BCUT2D eigenvalue weighted by molar-refractivity contribution is -0.00152. The second-order valence-corrected chi connectivity index (χ2v) is 2.02. The van der Waals surface area contributed by atoms with Crippen molar-refractivity contribution in [2.24, 2.45) is 0 Å². The number of rotatable bonds is 2. The third kappa shape index (κ3) is 2.33. The molecule has 10 heavy (non-hydrogen) atoms. The second kappa shape index (κ2) is 4.25. The average Bonchev–Trinajstić information content (AvgIpc) is 2.41. The van der Waals surface area contributed by atoms with Gasteiger partial charge in [0.2, 0.25) is 0 Å². The molecular weight excluding hydrogens is 128 g/mol. The Labute approximate surface area is 61.1 Å². The standard InChI is InChI=1S/C8H12O2/c1-2-3-4-5-8-9-6-7-10-8/h2-5,8H,6-7H2,1H3/b3-2+,5-4+. The van der Waals surface area contributed by atoms with Crippen LogP contribution in [0.5, 0.6) is 0 Å². The predicted molar refractivity (Wildman–Crippen MR) is 39.6 cm³/mol. The van der Waals surface area contributed by atoms with Gasteiger partial charge < -0.3 is 9.47 Å². The van der Waals surface area contributed by atoms with Gasteiger partial charge in [-0.2, -0.15) is 0 Å². The summed E-state index contributed by atoms with van der Waals surface area (Å²) in [5.74, 6) is 0. The van der Waals surface area contributed by atoms with Crippen LogP contribution in [0.1, 0.15) is 6.92 Å². The maximum Gasteiger partial charge on any atom is 0.177 e. The van der Waals surface area contributed by atoms with Gasteiger partial charge in [0.1, 0.15) is 0 Å². The van der Waals surface area contributed by atoms with E-state index in [9.17, 15) is 0 Å². The van der Waals surface area contributed by atoms with Crippen molar-refractivity contribution in [3.63, 3.8) is 0 Å². The quantitative estimate of drug-likeness (QED) is 0.541. The van der Waals surface area contributed by atoms with Crippen LogP contribution in [0.4, 0.5) is 0 Å². The van der Waals surface area contributed by atoms with E-state index in [4.69, 9.17) is 9.47 Å². The van der Waals surface area contributed by atoms with Gasteiger partial charge in [-0.25, -0.2) is 0 Å². The monoisotopic (exact) mass is 140 g/mol. The van der Waals surface area contributed by atoms with Gasteiger partial charge in [0.15, 0.2) is 6.29 Å². The Kier molecular flexibility index (Phi) is 3.19. The van der Waals surface area contributed by atoms with Crippen molar-refractivity contribution in [1.82, 2.24) is 0 Å². The maximum absolute atomic E-state index is 5.16. The van der Waals surface area contributed by atoms with Gasteiger partial charge in [0.05, 0.1) is 13.2 Å². The minimum Gasteiger partial charge on any atom is -0.347 e. The predicted octanol–water partition coefficient (Wildman–Crippen LogP) is 1.49. The zero-order valence-corrected chi connectivity index (χ0v) is 6.12. The Bertz CT molecular complexity index is 132. The van der Waals surface area contributed by atoms with Crippen LogP contribution in [0.15, 0.2) is 24.3 Å². The Hall–Kier alpha value is -0.600. The minimum atomic E-state index is -0.115. The highest BCUT2D eigenvalue weighted by Crippen LogP contribution is 2.04. The zero-order chi connectivity index (χ0) is 7.23. The van der Waals surface area contributed by atoms with E-state index >= 15 is 0 Å². The van der Waals surface area contributed by atoms with Crippen LogP contribution >= 0.6 is 0 Å². The Balaban J connectivity index is 2.22. The molecule has 2 nitrogen and oxygen atoms in total. The SMILES string of the molecule is C/C=C/C=C/C1OCCO1. The summed E-state index contributed by atoms with van der Waals surface area (Å²) in [6.07, 6.45) is 7.62. The summed E-state index contributed by atoms with van der Waals surface area (Å²) in [5.41, 5.74) is 0. The minimum absolute atomic E-state index is 0.115. The smallest absolute Gasteiger partial charge is 0.177 e. The molecule has 0 unspecified atom stereocenters. The first-order chi connectivity index (χ1) is 4.93. The molecule has 1 saturated heterocycles. The van der Waals surface area contributed by atoms with Crippen LogP contribution in [0.2, 0.25) is 0 Å². The fourth-order valence-electron chi connectivity index (χ4n) is 0.754. The summed E-state index contributed by atoms with van der Waals surface area (Å²) in [4.78, 5) is 0. The summed E-state index contributed by atoms with van der Waals surface area (Å²) >= 11 is 0. The van der Waals surface area contributed by atoms with Gasteiger partial charge in [0, 0.05) is 0 Å². The molecule has 0 aromatic carbocycles. The van der Waals surface area contributed by atoms with Crippen molar-refractivity contribution < 1.29 is 9.47 Å². The third-order valence-electron chi connectivity index (χ3n) is 1.22. The van der Waals surface area contributed by atoms with E-state index in [1.54, 1.807) is 0 Å². The van der Waals surface area contributed by atoms with Crippen molar-refractivity contribution in [1.29, 1.82) is 0 Å². The molecule has 1 aliphatic rings. The highest BCUT2D eigenvalue weighted by atomic mass is 16.7. The van der Waals surface area contributed by atoms with Gasteiger partial charge in [-0.05, 0) is 13.0 Å². The lowest BCUT2D eigenvalue weighted by Gasteiger charge is -1.98. The van der Waals surface area contributed by atoms with Gasteiger partial charge in [-0.3, -0.25) is 0 Å². The Morgan fingerprint density at radius 2 is 1.90 bits per heavy atom. The van der Waals surface area contributed by atoms with Crippen LogP contribution in [-0.2, 0) is 9.47 Å². The zero-order valence-electron chi connectivity index (χ0n) is 6.12.